The maximum atomic E-state index is 2.45. The molecule has 0 saturated heterocycles. The normalized spacial score (nSPS) is 13.8. The first kappa shape index (κ1) is 40.1. The summed E-state index contributed by atoms with van der Waals surface area (Å²) in [5.41, 5.74) is 24.7. The highest BCUT2D eigenvalue weighted by molar-refractivity contribution is 6.10. The second-order valence-electron chi connectivity index (χ2n) is 19.8. The van der Waals surface area contributed by atoms with E-state index in [1.54, 1.807) is 0 Å². The van der Waals surface area contributed by atoms with Gasteiger partial charge >= 0.3 is 0 Å². The van der Waals surface area contributed by atoms with Crippen LogP contribution in [0.3, 0.4) is 0 Å². The minimum atomic E-state index is -0.107. The van der Waals surface area contributed by atoms with E-state index >= 15 is 0 Å². The van der Waals surface area contributed by atoms with E-state index in [-0.39, 0.29) is 10.8 Å². The van der Waals surface area contributed by atoms with Gasteiger partial charge in [-0.2, -0.15) is 0 Å². The van der Waals surface area contributed by atoms with Crippen LogP contribution in [0.5, 0.6) is 0 Å². The second-order valence-corrected chi connectivity index (χ2v) is 19.8. The summed E-state index contributed by atoms with van der Waals surface area (Å²) in [5.74, 6) is 0. The predicted molar refractivity (Wildman–Crippen MR) is 287 cm³/mol. The van der Waals surface area contributed by atoms with Crippen LogP contribution in [0.1, 0.15) is 49.9 Å². The van der Waals surface area contributed by atoms with Gasteiger partial charge in [0.05, 0.1) is 11.0 Å². The summed E-state index contributed by atoms with van der Waals surface area (Å²) in [4.78, 5) is 2.42. The van der Waals surface area contributed by atoms with Gasteiger partial charge in [0.15, 0.2) is 0 Å². The van der Waals surface area contributed by atoms with Gasteiger partial charge in [-0.15, -0.1) is 0 Å². The summed E-state index contributed by atoms with van der Waals surface area (Å²) >= 11 is 0. The van der Waals surface area contributed by atoms with Crippen molar-refractivity contribution < 1.29 is 0 Å². The topological polar surface area (TPSA) is 8.17 Å². The second kappa shape index (κ2) is 15.2. The van der Waals surface area contributed by atoms with Crippen molar-refractivity contribution in [1.29, 1.82) is 0 Å². The summed E-state index contributed by atoms with van der Waals surface area (Å²) in [7, 11) is 0. The van der Waals surface area contributed by atoms with Crippen molar-refractivity contribution in [3.8, 4) is 61.3 Å². The highest BCUT2D eigenvalue weighted by Gasteiger charge is 2.37. The largest absolute Gasteiger partial charge is 0.310 e. The van der Waals surface area contributed by atoms with Crippen molar-refractivity contribution in [2.75, 3.05) is 4.90 Å². The van der Waals surface area contributed by atoms with Crippen LogP contribution in [0.25, 0.3) is 83.1 Å². The van der Waals surface area contributed by atoms with Crippen LogP contribution < -0.4 is 4.90 Å². The highest BCUT2D eigenvalue weighted by Crippen LogP contribution is 2.52. The van der Waals surface area contributed by atoms with Crippen molar-refractivity contribution in [2.45, 2.75) is 38.5 Å². The predicted octanol–water partition coefficient (Wildman–Crippen LogP) is 17.9. The van der Waals surface area contributed by atoms with Gasteiger partial charge in [-0.3, -0.25) is 0 Å². The lowest BCUT2D eigenvalue weighted by Crippen LogP contribution is -2.15. The molecule has 0 fully saturated rings. The van der Waals surface area contributed by atoms with Gasteiger partial charge in [0, 0.05) is 44.4 Å². The van der Waals surface area contributed by atoms with Crippen LogP contribution in [0.15, 0.2) is 231 Å². The molecular formula is C66H50N2. The van der Waals surface area contributed by atoms with Gasteiger partial charge in [-0.25, -0.2) is 0 Å². The van der Waals surface area contributed by atoms with Crippen LogP contribution >= 0.6 is 0 Å². The lowest BCUT2D eigenvalue weighted by molar-refractivity contribution is 0.660. The van der Waals surface area contributed by atoms with E-state index in [9.17, 15) is 0 Å². The molecule has 1 aromatic heterocycles. The van der Waals surface area contributed by atoms with Crippen molar-refractivity contribution in [2.24, 2.45) is 0 Å². The molecule has 2 aliphatic carbocycles. The number of aromatic nitrogens is 1. The van der Waals surface area contributed by atoms with E-state index in [2.05, 4.69) is 268 Å². The fourth-order valence-corrected chi connectivity index (χ4v) is 11.7. The Bertz CT molecular complexity index is 3650. The molecule has 0 radical (unpaired) electrons. The van der Waals surface area contributed by atoms with Crippen LogP contribution in [-0.4, -0.2) is 4.57 Å². The van der Waals surface area contributed by atoms with Gasteiger partial charge < -0.3 is 9.47 Å². The maximum absolute atomic E-state index is 2.45. The zero-order valence-corrected chi connectivity index (χ0v) is 38.8. The first-order chi connectivity index (χ1) is 33.2. The molecule has 0 N–H and O–H groups in total. The Hall–Kier alpha value is -8.20. The molecule has 10 aromatic carbocycles. The minimum absolute atomic E-state index is 0.107. The molecule has 13 rings (SSSR count). The average molecular weight is 871 g/mol. The Labute approximate surface area is 399 Å². The van der Waals surface area contributed by atoms with Gasteiger partial charge in [0.25, 0.3) is 0 Å². The number of rotatable bonds is 7. The van der Waals surface area contributed by atoms with Crippen LogP contribution in [-0.2, 0) is 10.8 Å². The summed E-state index contributed by atoms with van der Waals surface area (Å²) in [6, 6.07) is 85.6. The zero-order chi connectivity index (χ0) is 45.7. The monoisotopic (exact) mass is 870 g/mol. The number of nitrogens with zero attached hydrogens (tertiary/aromatic N) is 2. The number of hydrogen-bond donors (Lipinski definition) is 0. The van der Waals surface area contributed by atoms with Crippen molar-refractivity contribution in [3.05, 3.63) is 253 Å². The van der Waals surface area contributed by atoms with Crippen LogP contribution in [0.2, 0.25) is 0 Å². The molecule has 0 aliphatic heterocycles. The van der Waals surface area contributed by atoms with Gasteiger partial charge in [-0.1, -0.05) is 173 Å². The molecule has 68 heavy (non-hydrogen) atoms. The molecule has 2 aliphatic rings. The van der Waals surface area contributed by atoms with E-state index < -0.39 is 0 Å². The number of hydrogen-bond acceptors (Lipinski definition) is 1. The standard InChI is InChI=1S/C66H50N2/c1-65(2)59-24-14-11-21-53(59)55-34-29-45(41-61(55)65)47-37-48(46-30-35-56-54-22-12-15-25-60(54)66(3,4)62(56)42-46)39-52(38-47)67(49-17-7-5-8-18-49)51-32-27-43(28-33-51)44-31-36-64-58(40-44)57-23-13-16-26-63(57)68(64)50-19-9-6-10-20-50/h5-42H,1-4H3. The van der Waals surface area contributed by atoms with Crippen LogP contribution in [0.4, 0.5) is 17.1 Å². The quantitative estimate of drug-likeness (QED) is 0.155. The summed E-state index contributed by atoms with van der Waals surface area (Å²) in [6.45, 7) is 9.48. The molecule has 0 unspecified atom stereocenters. The number of benzene rings is 10. The van der Waals surface area contributed by atoms with Gasteiger partial charge in [-0.05, 0) is 163 Å². The van der Waals surface area contributed by atoms with Gasteiger partial charge in [0.1, 0.15) is 0 Å². The van der Waals surface area contributed by atoms with Crippen molar-refractivity contribution >= 4 is 38.9 Å². The Kier molecular flexibility index (Phi) is 8.95. The number of para-hydroxylation sites is 3. The summed E-state index contributed by atoms with van der Waals surface area (Å²) < 4.78 is 2.38. The zero-order valence-electron chi connectivity index (χ0n) is 38.8. The molecule has 324 valence electrons. The first-order valence-electron chi connectivity index (χ1n) is 23.9. The highest BCUT2D eigenvalue weighted by atomic mass is 15.1. The lowest BCUT2D eigenvalue weighted by atomic mass is 9.81. The SMILES string of the molecule is CC1(C)c2ccccc2-c2ccc(-c3cc(-c4ccc5c(c4)C(C)(C)c4ccccc4-5)cc(N(c4ccccc4)c4ccc(-c5ccc6c(c5)c5ccccc5n6-c5ccccc5)cc4)c3)cc21. The third kappa shape index (κ3) is 6.17. The van der Waals surface area contributed by atoms with Crippen molar-refractivity contribution in [3.63, 3.8) is 0 Å². The number of anilines is 3. The average Bonchev–Trinajstić information content (AvgIpc) is 3.93. The lowest BCUT2D eigenvalue weighted by Gasteiger charge is -2.27. The molecule has 0 bridgehead atoms. The van der Waals surface area contributed by atoms with E-state index in [0.29, 0.717) is 0 Å². The summed E-state index contributed by atoms with van der Waals surface area (Å²) in [5, 5.41) is 2.50. The summed E-state index contributed by atoms with van der Waals surface area (Å²) in [6.07, 6.45) is 0. The van der Waals surface area contributed by atoms with E-state index in [0.717, 1.165) is 17.1 Å². The molecule has 2 heteroatoms. The molecule has 11 aromatic rings. The Morgan fingerprint density at radius 3 is 1.37 bits per heavy atom. The van der Waals surface area contributed by atoms with Crippen molar-refractivity contribution in [1.82, 2.24) is 4.57 Å². The van der Waals surface area contributed by atoms with Gasteiger partial charge in [0.2, 0.25) is 0 Å². The third-order valence-corrected chi connectivity index (χ3v) is 15.2. The molecule has 0 amide bonds. The smallest absolute Gasteiger partial charge is 0.0541 e. The molecule has 1 heterocycles. The van der Waals surface area contributed by atoms with E-state index in [4.69, 9.17) is 0 Å². The maximum Gasteiger partial charge on any atom is 0.0541 e. The van der Waals surface area contributed by atoms with E-state index in [1.807, 2.05) is 0 Å². The fourth-order valence-electron chi connectivity index (χ4n) is 11.7. The Balaban J connectivity index is 0.956. The van der Waals surface area contributed by atoms with E-state index in [1.165, 1.54) is 105 Å². The van der Waals surface area contributed by atoms with Crippen LogP contribution in [0, 0.1) is 0 Å². The first-order valence-corrected chi connectivity index (χ1v) is 23.9. The molecule has 2 nitrogen and oxygen atoms in total. The molecular weight excluding hydrogens is 821 g/mol. The molecule has 0 saturated carbocycles. The fraction of sp³-hybridized carbons (Fsp3) is 0.0909. The Morgan fingerprint density at radius 2 is 0.750 bits per heavy atom. The molecule has 0 spiro atoms. The molecule has 0 atom stereocenters. The third-order valence-electron chi connectivity index (χ3n) is 15.2. The number of fused-ring (bicyclic) bond motifs is 9. The Morgan fingerprint density at radius 1 is 0.294 bits per heavy atom. The minimum Gasteiger partial charge on any atom is -0.310 e.